The molecule has 2 unspecified atom stereocenters. The molecule has 1 saturated heterocycles. The molecule has 1 aromatic rings. The minimum Gasteiger partial charge on any atom is -0.298 e. The van der Waals surface area contributed by atoms with Crippen LogP contribution in [-0.4, -0.2) is 33.7 Å². The van der Waals surface area contributed by atoms with Crippen LogP contribution < -0.4 is 0 Å². The Bertz CT molecular complexity index is 477. The molecule has 0 aromatic carbocycles. The summed E-state index contributed by atoms with van der Waals surface area (Å²) in [6, 6.07) is 2.29. The van der Waals surface area contributed by atoms with E-state index in [0.29, 0.717) is 11.5 Å². The van der Waals surface area contributed by atoms with Gasteiger partial charge in [-0.2, -0.15) is 5.10 Å². The molecule has 1 aromatic heterocycles. The summed E-state index contributed by atoms with van der Waals surface area (Å²) in [6.07, 6.45) is 4.02. The number of rotatable bonds is 4. The molecule has 1 N–H and O–H groups in total. The van der Waals surface area contributed by atoms with Crippen molar-refractivity contribution in [2.45, 2.75) is 70.8 Å². The second-order valence-electron chi connectivity index (χ2n) is 8.42. The van der Waals surface area contributed by atoms with Crippen molar-refractivity contribution < 1.29 is 0 Å². The summed E-state index contributed by atoms with van der Waals surface area (Å²) in [7, 11) is 0. The zero-order valence-corrected chi connectivity index (χ0v) is 13.7. The van der Waals surface area contributed by atoms with Crippen molar-refractivity contribution in [3.63, 3.8) is 0 Å². The van der Waals surface area contributed by atoms with E-state index in [0.717, 1.165) is 5.92 Å². The van der Waals surface area contributed by atoms with Gasteiger partial charge in [0, 0.05) is 22.6 Å². The van der Waals surface area contributed by atoms with E-state index in [1.54, 1.807) is 0 Å². The molecule has 1 saturated carbocycles. The van der Waals surface area contributed by atoms with E-state index >= 15 is 0 Å². The van der Waals surface area contributed by atoms with Crippen LogP contribution in [0.5, 0.6) is 0 Å². The van der Waals surface area contributed by atoms with Gasteiger partial charge in [0.25, 0.3) is 0 Å². The molecular formula is C17H29N3. The zero-order valence-electron chi connectivity index (χ0n) is 13.7. The molecule has 0 bridgehead atoms. The van der Waals surface area contributed by atoms with Crippen molar-refractivity contribution >= 4 is 0 Å². The monoisotopic (exact) mass is 275 g/mol. The summed E-state index contributed by atoms with van der Waals surface area (Å²) in [5.41, 5.74) is 3.10. The Kier molecular flexibility index (Phi) is 3.24. The highest BCUT2D eigenvalue weighted by Gasteiger charge is 2.45. The molecule has 2 atom stereocenters. The fourth-order valence-corrected chi connectivity index (χ4v) is 3.44. The minimum absolute atomic E-state index is 0.173. The van der Waals surface area contributed by atoms with Gasteiger partial charge < -0.3 is 0 Å². The lowest BCUT2D eigenvalue weighted by Gasteiger charge is -2.45. The van der Waals surface area contributed by atoms with Gasteiger partial charge in [-0.05, 0) is 58.2 Å². The second kappa shape index (κ2) is 4.59. The molecule has 3 heteroatoms. The predicted molar refractivity (Wildman–Crippen MR) is 83.0 cm³/mol. The summed E-state index contributed by atoms with van der Waals surface area (Å²) in [5, 5.41) is 7.80. The Morgan fingerprint density at radius 1 is 1.25 bits per heavy atom. The fraction of sp³-hybridized carbons (Fsp3) is 0.824. The highest BCUT2D eigenvalue weighted by Crippen LogP contribution is 2.52. The van der Waals surface area contributed by atoms with E-state index in [2.05, 4.69) is 55.8 Å². The van der Waals surface area contributed by atoms with E-state index in [1.165, 1.54) is 43.7 Å². The van der Waals surface area contributed by atoms with Crippen LogP contribution in [0.2, 0.25) is 0 Å². The van der Waals surface area contributed by atoms with Gasteiger partial charge in [0.1, 0.15) is 0 Å². The van der Waals surface area contributed by atoms with Crippen molar-refractivity contribution in [3.05, 3.63) is 17.5 Å². The van der Waals surface area contributed by atoms with Crippen LogP contribution in [0.1, 0.15) is 71.2 Å². The van der Waals surface area contributed by atoms with Crippen molar-refractivity contribution in [2.75, 3.05) is 13.1 Å². The zero-order chi connectivity index (χ0) is 14.5. The lowest BCUT2D eigenvalue weighted by molar-refractivity contribution is 0.0445. The number of hydrogen-bond donors (Lipinski definition) is 1. The van der Waals surface area contributed by atoms with Crippen LogP contribution in [0, 0.1) is 5.92 Å². The number of hydrogen-bond acceptors (Lipinski definition) is 2. The molecular weight excluding hydrogens is 246 g/mol. The fourth-order valence-electron chi connectivity index (χ4n) is 3.44. The van der Waals surface area contributed by atoms with E-state index in [9.17, 15) is 0 Å². The molecule has 3 nitrogen and oxygen atoms in total. The number of nitrogens with one attached hydrogen (secondary N) is 1. The Morgan fingerprint density at radius 2 is 1.95 bits per heavy atom. The highest BCUT2D eigenvalue weighted by molar-refractivity contribution is 5.24. The summed E-state index contributed by atoms with van der Waals surface area (Å²) in [6.45, 7) is 14.1. The maximum atomic E-state index is 4.57. The van der Waals surface area contributed by atoms with E-state index in [-0.39, 0.29) is 5.41 Å². The highest BCUT2D eigenvalue weighted by atomic mass is 15.2. The molecule has 2 aliphatic rings. The first-order chi connectivity index (χ1) is 9.27. The molecule has 3 rings (SSSR count). The molecule has 112 valence electrons. The first-order valence-corrected chi connectivity index (χ1v) is 8.08. The van der Waals surface area contributed by atoms with Crippen molar-refractivity contribution in [1.82, 2.24) is 15.1 Å². The molecule has 1 aliphatic carbocycles. The number of nitrogens with zero attached hydrogens (tertiary/aromatic N) is 2. The Balaban J connectivity index is 1.60. The molecule has 2 heterocycles. The van der Waals surface area contributed by atoms with Gasteiger partial charge in [-0.3, -0.25) is 10.00 Å². The van der Waals surface area contributed by atoms with E-state index < -0.39 is 0 Å². The average molecular weight is 275 g/mol. The largest absolute Gasteiger partial charge is 0.298 e. The summed E-state index contributed by atoms with van der Waals surface area (Å²) < 4.78 is 0. The van der Waals surface area contributed by atoms with Crippen LogP contribution in [0.4, 0.5) is 0 Å². The predicted octanol–water partition coefficient (Wildman–Crippen LogP) is 3.69. The van der Waals surface area contributed by atoms with Gasteiger partial charge in [-0.1, -0.05) is 20.8 Å². The minimum atomic E-state index is 0.173. The number of aromatic amines is 1. The Labute approximate surface area is 123 Å². The normalized spacial score (nSPS) is 27.4. The Morgan fingerprint density at radius 3 is 2.45 bits per heavy atom. The second-order valence-corrected chi connectivity index (χ2v) is 8.42. The van der Waals surface area contributed by atoms with E-state index in [4.69, 9.17) is 0 Å². The van der Waals surface area contributed by atoms with Gasteiger partial charge >= 0.3 is 0 Å². The summed E-state index contributed by atoms with van der Waals surface area (Å²) >= 11 is 0. The molecule has 2 fully saturated rings. The molecule has 0 spiro atoms. The molecule has 20 heavy (non-hydrogen) atoms. The summed E-state index contributed by atoms with van der Waals surface area (Å²) in [5.74, 6) is 1.53. The summed E-state index contributed by atoms with van der Waals surface area (Å²) in [4.78, 5) is 2.63. The number of aromatic nitrogens is 2. The molecule has 0 radical (unpaired) electrons. The third-order valence-corrected chi connectivity index (χ3v) is 5.18. The third-order valence-electron chi connectivity index (χ3n) is 5.18. The lowest BCUT2D eigenvalue weighted by atomic mass is 9.90. The van der Waals surface area contributed by atoms with Gasteiger partial charge in [-0.25, -0.2) is 0 Å². The maximum Gasteiger partial charge on any atom is 0.0658 e. The number of H-pyrrole nitrogens is 1. The Hall–Kier alpha value is -0.830. The van der Waals surface area contributed by atoms with Gasteiger partial charge in [0.15, 0.2) is 0 Å². The first kappa shape index (κ1) is 14.1. The van der Waals surface area contributed by atoms with Gasteiger partial charge in [0.2, 0.25) is 0 Å². The quantitative estimate of drug-likeness (QED) is 0.909. The van der Waals surface area contributed by atoms with Crippen molar-refractivity contribution in [2.24, 2.45) is 5.92 Å². The van der Waals surface area contributed by atoms with Crippen LogP contribution in [0.25, 0.3) is 0 Å². The van der Waals surface area contributed by atoms with Gasteiger partial charge in [-0.15, -0.1) is 0 Å². The molecule has 0 amide bonds. The molecule has 1 aliphatic heterocycles. The van der Waals surface area contributed by atoms with Gasteiger partial charge in [0.05, 0.1) is 5.69 Å². The van der Waals surface area contributed by atoms with Crippen LogP contribution in [-0.2, 0) is 5.41 Å². The van der Waals surface area contributed by atoms with Crippen LogP contribution in [0.3, 0.4) is 0 Å². The standard InChI is InChI=1S/C17H29N3/c1-16(2,3)15-10-14(18-19-15)13-9-12(13)11-17(4,5)20-7-6-8-20/h10,12-13H,6-9,11H2,1-5H3,(H,18,19). The van der Waals surface area contributed by atoms with Crippen LogP contribution in [0.15, 0.2) is 6.07 Å². The first-order valence-electron chi connectivity index (χ1n) is 8.08. The smallest absolute Gasteiger partial charge is 0.0658 e. The maximum absolute atomic E-state index is 4.57. The lowest BCUT2D eigenvalue weighted by Crippen LogP contribution is -2.51. The topological polar surface area (TPSA) is 31.9 Å². The van der Waals surface area contributed by atoms with Crippen LogP contribution >= 0.6 is 0 Å². The van der Waals surface area contributed by atoms with Crippen molar-refractivity contribution in [3.8, 4) is 0 Å². The third kappa shape index (κ3) is 2.65. The number of likely N-dealkylation sites (tertiary alicyclic amines) is 1. The van der Waals surface area contributed by atoms with Crippen molar-refractivity contribution in [1.29, 1.82) is 0 Å². The average Bonchev–Trinajstić information content (AvgIpc) is 2.79. The van der Waals surface area contributed by atoms with E-state index in [1.807, 2.05) is 0 Å². The SMILES string of the molecule is CC(C)(C)c1cc(C2CC2CC(C)(C)N2CCC2)n[nH]1.